The van der Waals surface area contributed by atoms with E-state index in [-0.39, 0.29) is 11.5 Å². The summed E-state index contributed by atoms with van der Waals surface area (Å²) in [7, 11) is -3.08. The van der Waals surface area contributed by atoms with Gasteiger partial charge in [0.1, 0.15) is 11.5 Å². The first-order chi connectivity index (χ1) is 7.08. The van der Waals surface area contributed by atoms with Crippen LogP contribution in [0, 0.1) is 0 Å². The summed E-state index contributed by atoms with van der Waals surface area (Å²) in [6.45, 7) is 0. The van der Waals surface area contributed by atoms with Crippen molar-refractivity contribution in [2.75, 3.05) is 5.75 Å². The quantitative estimate of drug-likeness (QED) is 0.828. The van der Waals surface area contributed by atoms with Gasteiger partial charge in [-0.15, -0.1) is 0 Å². The molecule has 0 spiro atoms. The van der Waals surface area contributed by atoms with E-state index in [1.807, 2.05) is 0 Å². The van der Waals surface area contributed by atoms with Gasteiger partial charge in [-0.05, 0) is 37.1 Å². The molecule has 1 N–H and O–H groups in total. The number of sulfone groups is 1. The lowest BCUT2D eigenvalue weighted by Crippen LogP contribution is -2.22. The molecule has 1 aromatic rings. The van der Waals surface area contributed by atoms with Gasteiger partial charge in [0.2, 0.25) is 0 Å². The molecule has 1 fully saturated rings. The van der Waals surface area contributed by atoms with E-state index in [2.05, 4.69) is 0 Å². The third-order valence-electron chi connectivity index (χ3n) is 2.37. The van der Waals surface area contributed by atoms with E-state index in [1.165, 1.54) is 12.1 Å². The summed E-state index contributed by atoms with van der Waals surface area (Å²) in [4.78, 5) is 0. The Hall–Kier alpha value is -1.23. The summed E-state index contributed by atoms with van der Waals surface area (Å²) in [5.74, 6) is 0.815. The average Bonchev–Trinajstić information content (AvgIpc) is 2.50. The first-order valence-corrected chi connectivity index (χ1v) is 6.47. The monoisotopic (exact) mass is 228 g/mol. The third-order valence-corrected chi connectivity index (χ3v) is 4.36. The highest BCUT2D eigenvalue weighted by Crippen LogP contribution is 2.25. The molecule has 0 radical (unpaired) electrons. The minimum absolute atomic E-state index is 0.136. The molecule has 1 aromatic carbocycles. The number of aromatic hydroxyl groups is 1. The highest BCUT2D eigenvalue weighted by atomic mass is 32.2. The number of hydrogen-bond acceptors (Lipinski definition) is 4. The van der Waals surface area contributed by atoms with E-state index in [0.29, 0.717) is 18.6 Å². The fraction of sp³-hybridized carbons (Fsp3) is 0.400. The molecule has 82 valence electrons. The number of benzene rings is 1. The highest BCUT2D eigenvalue weighted by molar-refractivity contribution is 7.92. The molecule has 0 aliphatic carbocycles. The molecule has 1 saturated heterocycles. The third kappa shape index (κ3) is 2.23. The van der Waals surface area contributed by atoms with Gasteiger partial charge >= 0.3 is 0 Å². The van der Waals surface area contributed by atoms with Gasteiger partial charge in [-0.2, -0.15) is 0 Å². The first-order valence-electron chi connectivity index (χ1n) is 4.75. The standard InChI is InChI=1S/C10H12O4S/c11-8-3-5-9(6-4-8)14-10-2-1-7-15(10,12)13/h3-6,10-11H,1-2,7H2. The normalized spacial score (nSPS) is 23.9. The minimum Gasteiger partial charge on any atom is -0.508 e. The Morgan fingerprint density at radius 1 is 1.27 bits per heavy atom. The van der Waals surface area contributed by atoms with Gasteiger partial charge in [0, 0.05) is 0 Å². The van der Waals surface area contributed by atoms with Crippen molar-refractivity contribution >= 4 is 9.84 Å². The molecule has 0 bridgehead atoms. The molecular weight excluding hydrogens is 216 g/mol. The number of rotatable bonds is 2. The van der Waals surface area contributed by atoms with Gasteiger partial charge in [-0.25, -0.2) is 8.42 Å². The van der Waals surface area contributed by atoms with E-state index in [9.17, 15) is 8.42 Å². The van der Waals surface area contributed by atoms with Crippen LogP contribution in [0.4, 0.5) is 0 Å². The Bertz CT molecular complexity index is 435. The van der Waals surface area contributed by atoms with Crippen molar-refractivity contribution in [3.8, 4) is 11.5 Å². The molecule has 2 rings (SSSR count). The molecular formula is C10H12O4S. The Labute approximate surface area is 88.4 Å². The van der Waals surface area contributed by atoms with Crippen LogP contribution in [0.1, 0.15) is 12.8 Å². The molecule has 1 heterocycles. The number of phenols is 1. The van der Waals surface area contributed by atoms with Crippen molar-refractivity contribution in [3.63, 3.8) is 0 Å². The molecule has 1 aliphatic heterocycles. The molecule has 4 nitrogen and oxygen atoms in total. The van der Waals surface area contributed by atoms with Crippen LogP contribution in [0.3, 0.4) is 0 Å². The molecule has 15 heavy (non-hydrogen) atoms. The van der Waals surface area contributed by atoms with Gasteiger partial charge in [0.15, 0.2) is 15.3 Å². The number of hydrogen-bond donors (Lipinski definition) is 1. The van der Waals surface area contributed by atoms with Crippen molar-refractivity contribution in [3.05, 3.63) is 24.3 Å². The van der Waals surface area contributed by atoms with Crippen LogP contribution in [0.5, 0.6) is 11.5 Å². The fourth-order valence-electron chi connectivity index (χ4n) is 1.57. The summed E-state index contributed by atoms with van der Waals surface area (Å²) in [6, 6.07) is 6.06. The van der Waals surface area contributed by atoms with Crippen LogP contribution in [-0.4, -0.2) is 24.7 Å². The van der Waals surface area contributed by atoms with E-state index in [1.54, 1.807) is 12.1 Å². The summed E-state index contributed by atoms with van der Waals surface area (Å²) in [5.41, 5.74) is -0.720. The highest BCUT2D eigenvalue weighted by Gasteiger charge is 2.32. The molecule has 1 aliphatic rings. The van der Waals surface area contributed by atoms with E-state index in [4.69, 9.17) is 9.84 Å². The maximum absolute atomic E-state index is 11.5. The van der Waals surface area contributed by atoms with E-state index in [0.717, 1.165) is 0 Å². The Morgan fingerprint density at radius 2 is 1.93 bits per heavy atom. The maximum atomic E-state index is 11.5. The molecule has 1 unspecified atom stereocenters. The van der Waals surface area contributed by atoms with Crippen LogP contribution in [0.15, 0.2) is 24.3 Å². The summed E-state index contributed by atoms with van der Waals surface area (Å²) in [5, 5.41) is 9.05. The molecule has 5 heteroatoms. The van der Waals surface area contributed by atoms with Gasteiger partial charge < -0.3 is 9.84 Å². The van der Waals surface area contributed by atoms with Crippen LogP contribution in [0.2, 0.25) is 0 Å². The second kappa shape index (κ2) is 3.73. The lowest BCUT2D eigenvalue weighted by molar-refractivity contribution is 0.272. The van der Waals surface area contributed by atoms with Crippen molar-refractivity contribution in [2.45, 2.75) is 18.3 Å². The lowest BCUT2D eigenvalue weighted by atomic mass is 10.3. The molecule has 0 saturated carbocycles. The largest absolute Gasteiger partial charge is 0.508 e. The summed E-state index contributed by atoms with van der Waals surface area (Å²) >= 11 is 0. The fourth-order valence-corrected chi connectivity index (χ4v) is 3.19. The van der Waals surface area contributed by atoms with Crippen LogP contribution < -0.4 is 4.74 Å². The van der Waals surface area contributed by atoms with Crippen molar-refractivity contribution in [1.29, 1.82) is 0 Å². The second-order valence-corrected chi connectivity index (χ2v) is 5.81. The summed E-state index contributed by atoms with van der Waals surface area (Å²) in [6.07, 6.45) is 1.20. The molecule has 0 aromatic heterocycles. The van der Waals surface area contributed by atoms with Crippen molar-refractivity contribution < 1.29 is 18.3 Å². The van der Waals surface area contributed by atoms with E-state index >= 15 is 0 Å². The Kier molecular flexibility index (Phi) is 2.56. The zero-order chi connectivity index (χ0) is 10.9. The lowest BCUT2D eigenvalue weighted by Gasteiger charge is -2.12. The average molecular weight is 228 g/mol. The second-order valence-electron chi connectivity index (χ2n) is 3.55. The van der Waals surface area contributed by atoms with Crippen LogP contribution in [-0.2, 0) is 9.84 Å². The van der Waals surface area contributed by atoms with Crippen molar-refractivity contribution in [1.82, 2.24) is 0 Å². The zero-order valence-electron chi connectivity index (χ0n) is 8.09. The summed E-state index contributed by atoms with van der Waals surface area (Å²) < 4.78 is 28.3. The maximum Gasteiger partial charge on any atom is 0.199 e. The zero-order valence-corrected chi connectivity index (χ0v) is 8.90. The Morgan fingerprint density at radius 3 is 2.47 bits per heavy atom. The van der Waals surface area contributed by atoms with Gasteiger partial charge in [0.25, 0.3) is 0 Å². The smallest absolute Gasteiger partial charge is 0.199 e. The van der Waals surface area contributed by atoms with Gasteiger partial charge in [-0.1, -0.05) is 0 Å². The predicted molar refractivity (Wildman–Crippen MR) is 55.5 cm³/mol. The number of ether oxygens (including phenoxy) is 1. The van der Waals surface area contributed by atoms with Crippen molar-refractivity contribution in [2.24, 2.45) is 0 Å². The van der Waals surface area contributed by atoms with Crippen LogP contribution >= 0.6 is 0 Å². The Balaban J connectivity index is 2.12. The van der Waals surface area contributed by atoms with Gasteiger partial charge in [0.05, 0.1) is 5.75 Å². The SMILES string of the molecule is O=S1(=O)CCCC1Oc1ccc(O)cc1. The van der Waals surface area contributed by atoms with Crippen LogP contribution in [0.25, 0.3) is 0 Å². The first kappa shape index (κ1) is 10.3. The van der Waals surface area contributed by atoms with E-state index < -0.39 is 15.3 Å². The molecule has 1 atom stereocenters. The topological polar surface area (TPSA) is 63.6 Å². The minimum atomic E-state index is -3.08. The molecule has 0 amide bonds. The van der Waals surface area contributed by atoms with Gasteiger partial charge in [-0.3, -0.25) is 0 Å². The predicted octanol–water partition coefficient (Wildman–Crippen LogP) is 1.31. The number of phenolic OH excluding ortho intramolecular Hbond substituents is 1.